The van der Waals surface area contributed by atoms with E-state index in [1.807, 2.05) is 0 Å². The van der Waals surface area contributed by atoms with Crippen molar-refractivity contribution in [2.24, 2.45) is 0 Å². The minimum atomic E-state index is -0.931. The van der Waals surface area contributed by atoms with Crippen LogP contribution in [0.4, 0.5) is 5.69 Å². The number of benzene rings is 1. The molecule has 0 aliphatic rings. The van der Waals surface area contributed by atoms with Crippen LogP contribution in [-0.4, -0.2) is 21.0 Å². The molecule has 6 nitrogen and oxygen atoms in total. The van der Waals surface area contributed by atoms with Crippen LogP contribution < -0.4 is 0 Å². The van der Waals surface area contributed by atoms with Crippen LogP contribution in [0.2, 0.25) is 0 Å². The number of nitro benzene ring substituents is 1. The summed E-state index contributed by atoms with van der Waals surface area (Å²) < 4.78 is 0. The average Bonchev–Trinajstić information content (AvgIpc) is 2.60. The summed E-state index contributed by atoms with van der Waals surface area (Å²) in [5, 5.41) is 19.9. The Hall–Kier alpha value is -2.37. The maximum absolute atomic E-state index is 10.6. The van der Waals surface area contributed by atoms with Crippen molar-refractivity contribution in [1.29, 1.82) is 0 Å². The molecule has 0 radical (unpaired) electrons. The van der Waals surface area contributed by atoms with Gasteiger partial charge < -0.3 is 10.1 Å². The van der Waals surface area contributed by atoms with Gasteiger partial charge in [-0.15, -0.1) is 0 Å². The van der Waals surface area contributed by atoms with E-state index >= 15 is 0 Å². The quantitative estimate of drug-likeness (QED) is 0.607. The smallest absolute Gasteiger partial charge is 0.307 e. The molecule has 1 aromatic carbocycles. The summed E-state index contributed by atoms with van der Waals surface area (Å²) in [4.78, 5) is 23.4. The summed E-state index contributed by atoms with van der Waals surface area (Å²) in [6, 6.07) is 4.31. The molecule has 0 bridgehead atoms. The van der Waals surface area contributed by atoms with Crippen LogP contribution in [0.3, 0.4) is 0 Å². The zero-order chi connectivity index (χ0) is 11.7. The molecular weight excluding hydrogens is 212 g/mol. The second-order valence-corrected chi connectivity index (χ2v) is 3.37. The number of fused-ring (bicyclic) bond motifs is 1. The van der Waals surface area contributed by atoms with E-state index < -0.39 is 10.9 Å². The molecule has 1 heterocycles. The monoisotopic (exact) mass is 220 g/mol. The number of rotatable bonds is 3. The maximum Gasteiger partial charge on any atom is 0.307 e. The van der Waals surface area contributed by atoms with Crippen LogP contribution in [0.15, 0.2) is 24.4 Å². The summed E-state index contributed by atoms with van der Waals surface area (Å²) in [5.41, 5.74) is 1.18. The van der Waals surface area contributed by atoms with Gasteiger partial charge in [-0.3, -0.25) is 14.9 Å². The Bertz CT molecular complexity index is 573. The third-order valence-electron chi connectivity index (χ3n) is 2.30. The van der Waals surface area contributed by atoms with E-state index in [2.05, 4.69) is 4.98 Å². The van der Waals surface area contributed by atoms with E-state index in [0.717, 1.165) is 0 Å². The molecule has 0 saturated carbocycles. The summed E-state index contributed by atoms with van der Waals surface area (Å²) in [5.74, 6) is -0.931. The zero-order valence-corrected chi connectivity index (χ0v) is 8.14. The van der Waals surface area contributed by atoms with Crippen molar-refractivity contribution in [3.05, 3.63) is 40.1 Å². The number of nitrogens with zero attached hydrogens (tertiary/aromatic N) is 1. The first-order chi connectivity index (χ1) is 7.58. The van der Waals surface area contributed by atoms with Crippen LogP contribution in [-0.2, 0) is 11.2 Å². The molecule has 0 saturated heterocycles. The van der Waals surface area contributed by atoms with E-state index in [1.165, 1.54) is 12.1 Å². The molecule has 82 valence electrons. The molecule has 0 unspecified atom stereocenters. The molecule has 0 aliphatic heterocycles. The van der Waals surface area contributed by atoms with Crippen LogP contribution in [0.25, 0.3) is 10.9 Å². The lowest BCUT2D eigenvalue weighted by Crippen LogP contribution is -1.98. The van der Waals surface area contributed by atoms with Crippen LogP contribution in [0.5, 0.6) is 0 Å². The van der Waals surface area contributed by atoms with Gasteiger partial charge in [0.15, 0.2) is 0 Å². The molecule has 2 rings (SSSR count). The first-order valence-corrected chi connectivity index (χ1v) is 4.54. The highest BCUT2D eigenvalue weighted by molar-refractivity contribution is 5.88. The van der Waals surface area contributed by atoms with Gasteiger partial charge in [0.2, 0.25) is 0 Å². The van der Waals surface area contributed by atoms with Crippen molar-refractivity contribution in [2.75, 3.05) is 0 Å². The summed E-state index contributed by atoms with van der Waals surface area (Å²) in [6.07, 6.45) is 1.46. The second kappa shape index (κ2) is 3.65. The molecule has 0 aliphatic carbocycles. The summed E-state index contributed by atoms with van der Waals surface area (Å²) in [6.45, 7) is 0. The number of H-pyrrole nitrogens is 1. The number of hydrogen-bond acceptors (Lipinski definition) is 3. The van der Waals surface area contributed by atoms with Crippen molar-refractivity contribution in [2.45, 2.75) is 6.42 Å². The van der Waals surface area contributed by atoms with E-state index in [4.69, 9.17) is 5.11 Å². The molecule has 0 fully saturated rings. The van der Waals surface area contributed by atoms with E-state index in [0.29, 0.717) is 16.5 Å². The molecule has 0 atom stereocenters. The number of nitrogens with one attached hydrogen (secondary N) is 1. The number of aromatic nitrogens is 1. The molecule has 0 spiro atoms. The predicted octanol–water partition coefficient (Wildman–Crippen LogP) is 1.70. The summed E-state index contributed by atoms with van der Waals surface area (Å²) in [7, 11) is 0. The van der Waals surface area contributed by atoms with Gasteiger partial charge in [-0.25, -0.2) is 0 Å². The predicted molar refractivity (Wildman–Crippen MR) is 56.3 cm³/mol. The molecule has 6 heteroatoms. The van der Waals surface area contributed by atoms with Gasteiger partial charge in [0.1, 0.15) is 0 Å². The minimum absolute atomic E-state index is 0.0174. The van der Waals surface area contributed by atoms with Gasteiger partial charge in [-0.05, 0) is 11.6 Å². The first kappa shape index (κ1) is 10.2. The average molecular weight is 220 g/mol. The first-order valence-electron chi connectivity index (χ1n) is 4.54. The van der Waals surface area contributed by atoms with Crippen LogP contribution >= 0.6 is 0 Å². The molecule has 16 heavy (non-hydrogen) atoms. The third-order valence-corrected chi connectivity index (χ3v) is 2.30. The standard InChI is InChI=1S/C10H8N2O4/c13-10(14)3-6-5-11-9-4-7(12(15)16)1-2-8(6)9/h1-2,4-5,11H,3H2,(H,13,14). The maximum atomic E-state index is 10.6. The van der Waals surface area contributed by atoms with Crippen LogP contribution in [0.1, 0.15) is 5.56 Å². The van der Waals surface area contributed by atoms with Gasteiger partial charge in [0.25, 0.3) is 5.69 Å². The Morgan fingerprint density at radius 2 is 2.25 bits per heavy atom. The number of aliphatic carboxylic acids is 1. The van der Waals surface area contributed by atoms with Crippen LogP contribution in [0, 0.1) is 10.1 Å². The van der Waals surface area contributed by atoms with Gasteiger partial charge in [0.05, 0.1) is 16.9 Å². The molecule has 0 amide bonds. The SMILES string of the molecule is O=C(O)Cc1c[nH]c2cc([N+](=O)[O-])ccc12. The second-order valence-electron chi connectivity index (χ2n) is 3.37. The van der Waals surface area contributed by atoms with E-state index in [1.54, 1.807) is 12.3 Å². The number of aromatic amines is 1. The lowest BCUT2D eigenvalue weighted by Gasteiger charge is -1.94. The number of nitro groups is 1. The number of carboxylic acid groups (broad SMARTS) is 1. The fourth-order valence-corrected chi connectivity index (χ4v) is 1.60. The molecule has 2 N–H and O–H groups in total. The van der Waals surface area contributed by atoms with Gasteiger partial charge >= 0.3 is 5.97 Å². The lowest BCUT2D eigenvalue weighted by molar-refractivity contribution is -0.384. The van der Waals surface area contributed by atoms with Gasteiger partial charge in [-0.1, -0.05) is 0 Å². The Balaban J connectivity index is 2.50. The van der Waals surface area contributed by atoms with Gasteiger partial charge in [0, 0.05) is 23.7 Å². The Labute approximate surface area is 89.7 Å². The van der Waals surface area contributed by atoms with Crippen molar-refractivity contribution < 1.29 is 14.8 Å². The topological polar surface area (TPSA) is 96.2 Å². The van der Waals surface area contributed by atoms with Crippen molar-refractivity contribution in [1.82, 2.24) is 4.98 Å². The van der Waals surface area contributed by atoms with Crippen molar-refractivity contribution in [3.63, 3.8) is 0 Å². The number of carboxylic acids is 1. The number of carbonyl (C=O) groups is 1. The Morgan fingerprint density at radius 3 is 2.88 bits per heavy atom. The third kappa shape index (κ3) is 1.72. The molecule has 2 aromatic rings. The number of non-ortho nitro benzene ring substituents is 1. The number of hydrogen-bond donors (Lipinski definition) is 2. The highest BCUT2D eigenvalue weighted by atomic mass is 16.6. The summed E-state index contributed by atoms with van der Waals surface area (Å²) >= 11 is 0. The largest absolute Gasteiger partial charge is 0.481 e. The highest BCUT2D eigenvalue weighted by Crippen LogP contribution is 2.23. The lowest BCUT2D eigenvalue weighted by atomic mass is 10.1. The van der Waals surface area contributed by atoms with E-state index in [9.17, 15) is 14.9 Å². The van der Waals surface area contributed by atoms with Crippen molar-refractivity contribution in [3.8, 4) is 0 Å². The Morgan fingerprint density at radius 1 is 1.50 bits per heavy atom. The van der Waals surface area contributed by atoms with Crippen molar-refractivity contribution >= 4 is 22.6 Å². The minimum Gasteiger partial charge on any atom is -0.481 e. The fourth-order valence-electron chi connectivity index (χ4n) is 1.60. The zero-order valence-electron chi connectivity index (χ0n) is 8.14. The fraction of sp³-hybridized carbons (Fsp3) is 0.100. The highest BCUT2D eigenvalue weighted by Gasteiger charge is 2.11. The molecule has 1 aromatic heterocycles. The van der Waals surface area contributed by atoms with Gasteiger partial charge in [-0.2, -0.15) is 0 Å². The van der Waals surface area contributed by atoms with E-state index in [-0.39, 0.29) is 12.1 Å². The Kier molecular flexibility index (Phi) is 2.32. The molecular formula is C10H8N2O4. The normalized spacial score (nSPS) is 10.5.